The SMILES string of the molecule is Cc1c(C)c2ccc(OC(C(=O)O)c3ccccc3)c(C)c2oc1=O. The van der Waals surface area contributed by atoms with Gasteiger partial charge in [0.15, 0.2) is 0 Å². The zero-order valence-electron chi connectivity index (χ0n) is 14.2. The molecule has 5 heteroatoms. The van der Waals surface area contributed by atoms with Gasteiger partial charge < -0.3 is 14.3 Å². The molecule has 5 nitrogen and oxygen atoms in total. The van der Waals surface area contributed by atoms with Gasteiger partial charge in [-0.3, -0.25) is 0 Å². The Morgan fingerprint density at radius 2 is 1.68 bits per heavy atom. The maximum absolute atomic E-state index is 12.0. The molecule has 2 aromatic carbocycles. The van der Waals surface area contributed by atoms with E-state index in [9.17, 15) is 14.7 Å². The minimum absolute atomic E-state index is 0.371. The van der Waals surface area contributed by atoms with Crippen molar-refractivity contribution < 1.29 is 19.1 Å². The average molecular weight is 338 g/mol. The van der Waals surface area contributed by atoms with E-state index in [1.807, 2.05) is 13.0 Å². The molecule has 1 unspecified atom stereocenters. The van der Waals surface area contributed by atoms with Crippen LogP contribution in [-0.4, -0.2) is 11.1 Å². The number of carbonyl (C=O) groups is 1. The average Bonchev–Trinajstić information content (AvgIpc) is 2.60. The van der Waals surface area contributed by atoms with Gasteiger partial charge in [0.2, 0.25) is 6.10 Å². The quantitative estimate of drug-likeness (QED) is 0.730. The van der Waals surface area contributed by atoms with Crippen LogP contribution in [0, 0.1) is 20.8 Å². The van der Waals surface area contributed by atoms with Gasteiger partial charge in [0.25, 0.3) is 0 Å². The van der Waals surface area contributed by atoms with Crippen LogP contribution in [-0.2, 0) is 4.79 Å². The lowest BCUT2D eigenvalue weighted by Gasteiger charge is -2.18. The summed E-state index contributed by atoms with van der Waals surface area (Å²) in [5.41, 5.74) is 2.56. The van der Waals surface area contributed by atoms with Crippen LogP contribution in [0.1, 0.15) is 28.4 Å². The van der Waals surface area contributed by atoms with Crippen molar-refractivity contribution in [3.8, 4) is 5.75 Å². The number of aryl methyl sites for hydroxylation is 2. The fourth-order valence-electron chi connectivity index (χ4n) is 2.77. The fourth-order valence-corrected chi connectivity index (χ4v) is 2.77. The minimum atomic E-state index is -1.14. The summed E-state index contributed by atoms with van der Waals surface area (Å²) in [5.74, 6) is -0.720. The number of rotatable bonds is 4. The first-order chi connectivity index (χ1) is 11.9. The lowest BCUT2D eigenvalue weighted by atomic mass is 10.0. The zero-order chi connectivity index (χ0) is 18.1. The zero-order valence-corrected chi connectivity index (χ0v) is 14.2. The first-order valence-corrected chi connectivity index (χ1v) is 7.88. The molecule has 0 aliphatic carbocycles. The molecule has 0 saturated carbocycles. The maximum Gasteiger partial charge on any atom is 0.349 e. The number of benzene rings is 2. The summed E-state index contributed by atoms with van der Waals surface area (Å²) in [6.07, 6.45) is -1.14. The van der Waals surface area contributed by atoms with E-state index in [1.165, 1.54) is 0 Å². The van der Waals surface area contributed by atoms with Gasteiger partial charge in [0.05, 0.1) is 0 Å². The molecule has 0 bridgehead atoms. The normalized spacial score (nSPS) is 12.1. The largest absolute Gasteiger partial charge is 0.478 e. The second kappa shape index (κ2) is 6.43. The molecule has 1 heterocycles. The standard InChI is InChI=1S/C20H18O5/c1-11-12(2)20(23)25-17-13(3)16(10-9-15(11)17)24-18(19(21)22)14-7-5-4-6-8-14/h4-10,18H,1-3H3,(H,21,22). The maximum atomic E-state index is 12.0. The molecule has 0 amide bonds. The van der Waals surface area contributed by atoms with Crippen molar-refractivity contribution in [3.63, 3.8) is 0 Å². The molecule has 0 aliphatic rings. The topological polar surface area (TPSA) is 76.7 Å². The molecule has 128 valence electrons. The van der Waals surface area contributed by atoms with Gasteiger partial charge in [-0.25, -0.2) is 9.59 Å². The van der Waals surface area contributed by atoms with Crippen molar-refractivity contribution in [2.45, 2.75) is 26.9 Å². The number of hydrogen-bond acceptors (Lipinski definition) is 4. The van der Waals surface area contributed by atoms with Crippen molar-refractivity contribution in [2.75, 3.05) is 0 Å². The lowest BCUT2D eigenvalue weighted by molar-refractivity contribution is -0.145. The number of ether oxygens (including phenoxy) is 1. The smallest absolute Gasteiger partial charge is 0.349 e. The molecule has 0 fully saturated rings. The van der Waals surface area contributed by atoms with Gasteiger partial charge in [-0.2, -0.15) is 0 Å². The molecule has 3 aromatic rings. The van der Waals surface area contributed by atoms with Crippen molar-refractivity contribution in [3.05, 3.63) is 75.1 Å². The summed E-state index contributed by atoms with van der Waals surface area (Å²) in [7, 11) is 0. The Kier molecular flexibility index (Phi) is 4.31. The molecule has 0 saturated heterocycles. The highest BCUT2D eigenvalue weighted by Crippen LogP contribution is 2.32. The van der Waals surface area contributed by atoms with E-state index >= 15 is 0 Å². The van der Waals surface area contributed by atoms with Crippen molar-refractivity contribution >= 4 is 16.9 Å². The van der Waals surface area contributed by atoms with Gasteiger partial charge in [-0.05, 0) is 38.5 Å². The third-order valence-electron chi connectivity index (χ3n) is 4.40. The molecule has 3 rings (SSSR count). The van der Waals surface area contributed by atoms with Crippen molar-refractivity contribution in [1.29, 1.82) is 0 Å². The summed E-state index contributed by atoms with van der Waals surface area (Å²) in [6, 6.07) is 12.2. The third kappa shape index (κ3) is 3.01. The van der Waals surface area contributed by atoms with Crippen LogP contribution in [0.3, 0.4) is 0 Å². The number of fused-ring (bicyclic) bond motifs is 1. The summed E-state index contributed by atoms with van der Waals surface area (Å²) in [5, 5.41) is 10.3. The molecular formula is C20H18O5. The predicted molar refractivity (Wildman–Crippen MR) is 94.1 cm³/mol. The van der Waals surface area contributed by atoms with Gasteiger partial charge in [0.1, 0.15) is 11.3 Å². The molecule has 1 N–H and O–H groups in total. The molecular weight excluding hydrogens is 320 g/mol. The second-order valence-corrected chi connectivity index (χ2v) is 5.95. The number of aliphatic carboxylic acids is 1. The van der Waals surface area contributed by atoms with E-state index in [0.717, 1.165) is 10.9 Å². The third-order valence-corrected chi connectivity index (χ3v) is 4.40. The van der Waals surface area contributed by atoms with Crippen molar-refractivity contribution in [1.82, 2.24) is 0 Å². The first kappa shape index (κ1) is 16.8. The number of carboxylic acids is 1. The Balaban J connectivity index is 2.10. The molecule has 1 atom stereocenters. The molecule has 25 heavy (non-hydrogen) atoms. The highest BCUT2D eigenvalue weighted by molar-refractivity contribution is 5.85. The summed E-state index contributed by atoms with van der Waals surface area (Å²) in [6.45, 7) is 5.33. The monoisotopic (exact) mass is 338 g/mol. The predicted octanol–water partition coefficient (Wildman–Crippen LogP) is 3.92. The van der Waals surface area contributed by atoms with Crippen LogP contribution in [0.25, 0.3) is 11.0 Å². The van der Waals surface area contributed by atoms with E-state index < -0.39 is 17.7 Å². The van der Waals surface area contributed by atoms with E-state index in [0.29, 0.717) is 28.0 Å². The summed E-state index contributed by atoms with van der Waals surface area (Å²) >= 11 is 0. The van der Waals surface area contributed by atoms with Gasteiger partial charge in [0, 0.05) is 22.1 Å². The van der Waals surface area contributed by atoms with Crippen LogP contribution in [0.5, 0.6) is 5.75 Å². The Labute approximate surface area is 144 Å². The molecule has 0 spiro atoms. The first-order valence-electron chi connectivity index (χ1n) is 7.88. The molecule has 1 aromatic heterocycles. The Bertz CT molecular complexity index is 1000. The minimum Gasteiger partial charge on any atom is -0.478 e. The Morgan fingerprint density at radius 1 is 1.00 bits per heavy atom. The lowest BCUT2D eigenvalue weighted by Crippen LogP contribution is -2.18. The van der Waals surface area contributed by atoms with Gasteiger partial charge in [-0.15, -0.1) is 0 Å². The van der Waals surface area contributed by atoms with E-state index in [-0.39, 0.29) is 0 Å². The van der Waals surface area contributed by atoms with Crippen LogP contribution in [0.2, 0.25) is 0 Å². The highest BCUT2D eigenvalue weighted by Gasteiger charge is 2.23. The summed E-state index contributed by atoms with van der Waals surface area (Å²) < 4.78 is 11.2. The van der Waals surface area contributed by atoms with Crippen LogP contribution in [0.15, 0.2) is 51.7 Å². The number of carboxylic acid groups (broad SMARTS) is 1. The van der Waals surface area contributed by atoms with Crippen LogP contribution >= 0.6 is 0 Å². The highest BCUT2D eigenvalue weighted by atomic mass is 16.5. The Hall–Kier alpha value is -3.08. The van der Waals surface area contributed by atoms with Gasteiger partial charge in [-0.1, -0.05) is 30.3 Å². The van der Waals surface area contributed by atoms with E-state index in [1.54, 1.807) is 50.2 Å². The van der Waals surface area contributed by atoms with Crippen LogP contribution < -0.4 is 10.4 Å². The van der Waals surface area contributed by atoms with Gasteiger partial charge >= 0.3 is 11.6 Å². The Morgan fingerprint density at radius 3 is 2.32 bits per heavy atom. The van der Waals surface area contributed by atoms with Crippen molar-refractivity contribution in [2.24, 2.45) is 0 Å². The summed E-state index contributed by atoms with van der Waals surface area (Å²) in [4.78, 5) is 23.6. The molecule has 0 aliphatic heterocycles. The van der Waals surface area contributed by atoms with E-state index in [2.05, 4.69) is 0 Å². The number of hydrogen-bond donors (Lipinski definition) is 1. The second-order valence-electron chi connectivity index (χ2n) is 5.95. The van der Waals surface area contributed by atoms with E-state index in [4.69, 9.17) is 9.15 Å². The molecule has 0 radical (unpaired) electrons. The van der Waals surface area contributed by atoms with Crippen LogP contribution in [0.4, 0.5) is 0 Å². The fraction of sp³-hybridized carbons (Fsp3) is 0.200.